The van der Waals surface area contributed by atoms with Crippen LogP contribution in [0, 0.1) is 6.92 Å². The summed E-state index contributed by atoms with van der Waals surface area (Å²) in [6.07, 6.45) is 0. The van der Waals surface area contributed by atoms with Crippen molar-refractivity contribution in [2.45, 2.75) is 33.1 Å². The van der Waals surface area contributed by atoms with E-state index < -0.39 is 0 Å². The summed E-state index contributed by atoms with van der Waals surface area (Å²) < 4.78 is 3.08. The number of aromatic nitrogens is 2. The molecule has 21 heavy (non-hydrogen) atoms. The van der Waals surface area contributed by atoms with Gasteiger partial charge in [0.05, 0.1) is 5.52 Å². The molecule has 0 aliphatic heterocycles. The van der Waals surface area contributed by atoms with Crippen LogP contribution in [-0.4, -0.2) is 9.38 Å². The third-order valence-corrected chi connectivity index (χ3v) is 4.41. The Balaban J connectivity index is 2.17. The van der Waals surface area contributed by atoms with E-state index in [9.17, 15) is 0 Å². The van der Waals surface area contributed by atoms with Crippen LogP contribution >= 0.6 is 15.9 Å². The van der Waals surface area contributed by atoms with E-state index in [0.29, 0.717) is 0 Å². The first-order chi connectivity index (χ1) is 9.88. The summed E-state index contributed by atoms with van der Waals surface area (Å²) in [5, 5.41) is 0. The molecule has 1 aromatic carbocycles. The molecule has 3 rings (SSSR count). The van der Waals surface area contributed by atoms with Crippen LogP contribution in [0.3, 0.4) is 0 Å². The van der Waals surface area contributed by atoms with Crippen molar-refractivity contribution in [3.05, 3.63) is 58.3 Å². The largest absolute Gasteiger partial charge is 0.296 e. The van der Waals surface area contributed by atoms with Gasteiger partial charge in [-0.3, -0.25) is 4.40 Å². The number of pyridine rings is 1. The van der Waals surface area contributed by atoms with Crippen molar-refractivity contribution >= 4 is 21.4 Å². The maximum absolute atomic E-state index is 4.69. The fourth-order valence-corrected chi connectivity index (χ4v) is 3.05. The average molecular weight is 343 g/mol. The molecule has 2 nitrogen and oxygen atoms in total. The van der Waals surface area contributed by atoms with Gasteiger partial charge in [0.2, 0.25) is 0 Å². The Labute approximate surface area is 134 Å². The van der Waals surface area contributed by atoms with Gasteiger partial charge in [-0.2, -0.15) is 0 Å². The van der Waals surface area contributed by atoms with Crippen molar-refractivity contribution < 1.29 is 0 Å². The second-order valence-corrected chi connectivity index (χ2v) is 7.19. The second kappa shape index (κ2) is 4.99. The van der Waals surface area contributed by atoms with E-state index in [2.05, 4.69) is 90.5 Å². The van der Waals surface area contributed by atoms with Crippen LogP contribution in [-0.2, 0) is 5.41 Å². The topological polar surface area (TPSA) is 17.3 Å². The van der Waals surface area contributed by atoms with Crippen molar-refractivity contribution in [2.24, 2.45) is 0 Å². The molecule has 2 aromatic heterocycles. The normalized spacial score (nSPS) is 12.0. The van der Waals surface area contributed by atoms with Crippen LogP contribution in [0.4, 0.5) is 0 Å². The Kier molecular flexibility index (Phi) is 3.40. The molecule has 0 fully saturated rings. The van der Waals surface area contributed by atoms with E-state index >= 15 is 0 Å². The van der Waals surface area contributed by atoms with Gasteiger partial charge in [0.25, 0.3) is 0 Å². The van der Waals surface area contributed by atoms with E-state index in [4.69, 9.17) is 4.98 Å². The van der Waals surface area contributed by atoms with Gasteiger partial charge < -0.3 is 0 Å². The van der Waals surface area contributed by atoms with Gasteiger partial charge in [0.15, 0.2) is 0 Å². The lowest BCUT2D eigenvalue weighted by Crippen LogP contribution is -2.10. The molecule has 0 bridgehead atoms. The van der Waals surface area contributed by atoms with Crippen LogP contribution in [0.1, 0.15) is 32.0 Å². The second-order valence-electron chi connectivity index (χ2n) is 6.44. The smallest absolute Gasteiger partial charge is 0.146 e. The van der Waals surface area contributed by atoms with Crippen molar-refractivity contribution in [2.75, 3.05) is 0 Å². The van der Waals surface area contributed by atoms with Crippen molar-refractivity contribution in [3.63, 3.8) is 0 Å². The highest BCUT2D eigenvalue weighted by Crippen LogP contribution is 2.29. The summed E-state index contributed by atoms with van der Waals surface area (Å²) in [6.45, 7) is 8.79. The number of fused-ring (bicyclic) bond motifs is 1. The number of halogens is 1. The Morgan fingerprint density at radius 2 is 1.67 bits per heavy atom. The van der Waals surface area contributed by atoms with Gasteiger partial charge in [-0.15, -0.1) is 0 Å². The Morgan fingerprint density at radius 3 is 2.29 bits per heavy atom. The number of rotatable bonds is 1. The lowest BCUT2D eigenvalue weighted by atomic mass is 9.87. The van der Waals surface area contributed by atoms with Gasteiger partial charge >= 0.3 is 0 Å². The first-order valence-corrected chi connectivity index (χ1v) is 7.92. The zero-order chi connectivity index (χ0) is 15.2. The van der Waals surface area contributed by atoms with Crippen LogP contribution in [0.25, 0.3) is 16.9 Å². The zero-order valence-corrected chi connectivity index (χ0v) is 14.4. The average Bonchev–Trinajstić information content (AvgIpc) is 2.77. The molecule has 0 unspecified atom stereocenters. The van der Waals surface area contributed by atoms with Gasteiger partial charge in [0.1, 0.15) is 10.4 Å². The molecule has 3 heteroatoms. The minimum absolute atomic E-state index is 0.170. The predicted octanol–water partition coefficient (Wildman–Crippen LogP) is 5.37. The van der Waals surface area contributed by atoms with Crippen LogP contribution in [0.2, 0.25) is 0 Å². The highest BCUT2D eigenvalue weighted by atomic mass is 79.9. The molecule has 0 saturated carbocycles. The van der Waals surface area contributed by atoms with Gasteiger partial charge in [-0.05, 0) is 46.0 Å². The number of nitrogens with zero attached hydrogens (tertiary/aromatic N) is 2. The van der Waals surface area contributed by atoms with Crippen LogP contribution in [0.15, 0.2) is 47.1 Å². The Morgan fingerprint density at radius 1 is 1.00 bits per heavy atom. The molecular formula is C18H19BrN2. The summed E-state index contributed by atoms with van der Waals surface area (Å²) >= 11 is 3.56. The van der Waals surface area contributed by atoms with Crippen LogP contribution < -0.4 is 0 Å². The molecule has 0 N–H and O–H groups in total. The SMILES string of the molecule is Cc1cccc2c(Br)nc(-c3ccc(C(C)(C)C)cc3)n12. The molecule has 0 spiro atoms. The minimum atomic E-state index is 0.170. The third kappa shape index (κ3) is 2.51. The molecule has 3 aromatic rings. The number of hydrogen-bond donors (Lipinski definition) is 0. The molecule has 0 amide bonds. The van der Waals surface area contributed by atoms with Crippen LogP contribution in [0.5, 0.6) is 0 Å². The molecular weight excluding hydrogens is 324 g/mol. The van der Waals surface area contributed by atoms with E-state index in [-0.39, 0.29) is 5.41 Å². The third-order valence-electron chi connectivity index (χ3n) is 3.82. The summed E-state index contributed by atoms with van der Waals surface area (Å²) in [5.41, 5.74) is 4.93. The molecule has 0 aliphatic rings. The van der Waals surface area contributed by atoms with E-state index in [0.717, 1.165) is 21.5 Å². The minimum Gasteiger partial charge on any atom is -0.296 e. The zero-order valence-electron chi connectivity index (χ0n) is 12.8. The summed E-state index contributed by atoms with van der Waals surface area (Å²) in [6, 6.07) is 15.0. The van der Waals surface area contributed by atoms with Gasteiger partial charge in [-0.25, -0.2) is 4.98 Å². The summed E-state index contributed by atoms with van der Waals surface area (Å²) in [4.78, 5) is 4.69. The number of benzene rings is 1. The van der Waals surface area contributed by atoms with E-state index in [1.165, 1.54) is 11.3 Å². The molecule has 108 valence electrons. The van der Waals surface area contributed by atoms with E-state index in [1.807, 2.05) is 0 Å². The molecule has 0 saturated heterocycles. The lowest BCUT2D eigenvalue weighted by molar-refractivity contribution is 0.590. The number of imidazole rings is 1. The standard InChI is InChI=1S/C18H19BrN2/c1-12-6-5-7-15-16(19)20-17(21(12)15)13-8-10-14(11-9-13)18(2,3)4/h5-11H,1-4H3. The van der Waals surface area contributed by atoms with Gasteiger partial charge in [-0.1, -0.05) is 51.1 Å². The van der Waals surface area contributed by atoms with Gasteiger partial charge in [0, 0.05) is 11.3 Å². The summed E-state index contributed by atoms with van der Waals surface area (Å²) in [5.74, 6) is 0.982. The predicted molar refractivity (Wildman–Crippen MR) is 91.8 cm³/mol. The quantitative estimate of drug-likeness (QED) is 0.581. The fourth-order valence-electron chi connectivity index (χ4n) is 2.57. The highest BCUT2D eigenvalue weighted by Gasteiger charge is 2.15. The summed E-state index contributed by atoms with van der Waals surface area (Å²) in [7, 11) is 0. The Hall–Kier alpha value is -1.61. The van der Waals surface area contributed by atoms with Crippen molar-refractivity contribution in [1.29, 1.82) is 0 Å². The monoisotopic (exact) mass is 342 g/mol. The maximum Gasteiger partial charge on any atom is 0.146 e. The number of hydrogen-bond acceptors (Lipinski definition) is 1. The molecule has 2 heterocycles. The molecule has 0 radical (unpaired) electrons. The van der Waals surface area contributed by atoms with E-state index in [1.54, 1.807) is 0 Å². The molecule has 0 atom stereocenters. The maximum atomic E-state index is 4.69. The first-order valence-electron chi connectivity index (χ1n) is 7.12. The number of aryl methyl sites for hydroxylation is 1. The Bertz CT molecular complexity index is 792. The van der Waals surface area contributed by atoms with Crippen molar-refractivity contribution in [1.82, 2.24) is 9.38 Å². The lowest BCUT2D eigenvalue weighted by Gasteiger charge is -2.19. The highest BCUT2D eigenvalue weighted by molar-refractivity contribution is 9.10. The first kappa shape index (κ1) is 14.3. The molecule has 0 aliphatic carbocycles. The fraction of sp³-hybridized carbons (Fsp3) is 0.278. The van der Waals surface area contributed by atoms with Crippen molar-refractivity contribution in [3.8, 4) is 11.4 Å².